The van der Waals surface area contributed by atoms with E-state index < -0.39 is 11.7 Å². The van der Waals surface area contributed by atoms with Crippen LogP contribution in [0.5, 0.6) is 5.75 Å². The summed E-state index contributed by atoms with van der Waals surface area (Å²) in [6, 6.07) is 23.1. The Labute approximate surface area is 232 Å². The van der Waals surface area contributed by atoms with Crippen LogP contribution in [-0.4, -0.2) is 18.1 Å². The highest BCUT2D eigenvalue weighted by Gasteiger charge is 2.30. The van der Waals surface area contributed by atoms with Gasteiger partial charge in [0.15, 0.2) is 5.75 Å². The summed E-state index contributed by atoms with van der Waals surface area (Å²) in [4.78, 5) is 13.1. The first-order chi connectivity index (χ1) is 18.9. The van der Waals surface area contributed by atoms with E-state index in [1.807, 2.05) is 42.5 Å². The Morgan fingerprint density at radius 1 is 0.846 bits per heavy atom. The number of nitrogens with one attached hydrogen (secondary N) is 1. The van der Waals surface area contributed by atoms with Gasteiger partial charge in [-0.05, 0) is 90.9 Å². The summed E-state index contributed by atoms with van der Waals surface area (Å²) in [6.45, 7) is 1.99. The fraction of sp³-hybridized carbons (Fsp3) is 0.258. The number of pyridine rings is 1. The molecule has 5 rings (SSSR count). The van der Waals surface area contributed by atoms with Crippen LogP contribution in [0.15, 0.2) is 85.1 Å². The van der Waals surface area contributed by atoms with Crippen LogP contribution in [0.3, 0.4) is 0 Å². The second-order valence-corrected chi connectivity index (χ2v) is 10.0. The van der Waals surface area contributed by atoms with Gasteiger partial charge < -0.3 is 9.74 Å². The Morgan fingerprint density at radius 2 is 1.62 bits per heavy atom. The Balaban J connectivity index is 1.45. The predicted molar refractivity (Wildman–Crippen MR) is 153 cm³/mol. The minimum absolute atomic E-state index is 0.357. The van der Waals surface area contributed by atoms with Crippen LogP contribution in [0.1, 0.15) is 41.5 Å². The van der Waals surface area contributed by atoms with Crippen molar-refractivity contribution in [1.29, 1.82) is 0 Å². The van der Waals surface area contributed by atoms with Crippen LogP contribution < -0.4 is 15.2 Å². The summed E-state index contributed by atoms with van der Waals surface area (Å²) in [5.74, 6) is 1.23. The number of anilines is 2. The molecule has 2 heterocycles. The molecule has 0 saturated carbocycles. The first-order valence-corrected chi connectivity index (χ1v) is 13.7. The van der Waals surface area contributed by atoms with E-state index in [1.165, 1.54) is 18.6 Å². The average Bonchev–Trinajstić information content (AvgIpc) is 2.96. The molecule has 0 bridgehead atoms. The van der Waals surface area contributed by atoms with Crippen LogP contribution in [0.25, 0.3) is 11.3 Å². The lowest BCUT2D eigenvalue weighted by molar-refractivity contribution is -0.137. The third kappa shape index (κ3) is 6.87. The zero-order chi connectivity index (χ0) is 27.2. The van der Waals surface area contributed by atoms with Gasteiger partial charge in [0.2, 0.25) is 0 Å². The van der Waals surface area contributed by atoms with Gasteiger partial charge >= 0.3 is 6.18 Å². The minimum atomic E-state index is -4.38. The zero-order valence-electron chi connectivity index (χ0n) is 21.4. The number of halogens is 3. The highest BCUT2D eigenvalue weighted by atomic mass is 32.1. The van der Waals surface area contributed by atoms with Crippen LogP contribution in [-0.2, 0) is 18.3 Å². The van der Waals surface area contributed by atoms with Gasteiger partial charge in [-0.1, -0.05) is 30.3 Å². The fourth-order valence-corrected chi connectivity index (χ4v) is 5.02. The first-order valence-electron chi connectivity index (χ1n) is 13.0. The van der Waals surface area contributed by atoms with Crippen molar-refractivity contribution in [2.24, 2.45) is 0 Å². The molecular weight excluding hydrogens is 519 g/mol. The molecule has 1 aliphatic rings. The molecule has 4 nitrogen and oxygen atoms in total. The molecule has 8 heteroatoms. The SMILES string of the molecule is FC(F)(F)c1cccc(Cc2ccnc(-c3cc(N4CCCCC4)ccc3ONc3cccc(CS)c3)c2)c1. The summed E-state index contributed by atoms with van der Waals surface area (Å²) < 4.78 is 39.7. The summed E-state index contributed by atoms with van der Waals surface area (Å²) in [5.41, 5.74) is 8.31. The van der Waals surface area contributed by atoms with E-state index in [1.54, 1.807) is 12.3 Å². The van der Waals surface area contributed by atoms with Crippen molar-refractivity contribution in [3.63, 3.8) is 0 Å². The van der Waals surface area contributed by atoms with Gasteiger partial charge in [-0.25, -0.2) is 5.48 Å². The van der Waals surface area contributed by atoms with Crippen LogP contribution in [0.2, 0.25) is 0 Å². The van der Waals surface area contributed by atoms with Gasteiger partial charge in [0, 0.05) is 36.3 Å². The molecule has 1 fully saturated rings. The molecule has 1 aliphatic heterocycles. The van der Waals surface area contributed by atoms with E-state index in [0.29, 0.717) is 29.2 Å². The highest BCUT2D eigenvalue weighted by Crippen LogP contribution is 2.35. The number of benzene rings is 3. The van der Waals surface area contributed by atoms with Crippen molar-refractivity contribution in [1.82, 2.24) is 4.98 Å². The number of thiol groups is 1. The Hall–Kier alpha value is -3.65. The number of rotatable bonds is 8. The number of piperidine rings is 1. The van der Waals surface area contributed by atoms with Crippen LogP contribution >= 0.6 is 12.6 Å². The molecule has 202 valence electrons. The second-order valence-electron chi connectivity index (χ2n) is 9.72. The maximum Gasteiger partial charge on any atom is 0.416 e. The van der Waals surface area contributed by atoms with E-state index in [0.717, 1.165) is 60.1 Å². The molecular formula is C31H30F3N3OS. The number of alkyl halides is 3. The van der Waals surface area contributed by atoms with E-state index in [9.17, 15) is 13.2 Å². The Morgan fingerprint density at radius 3 is 2.41 bits per heavy atom. The molecule has 39 heavy (non-hydrogen) atoms. The molecule has 0 radical (unpaired) electrons. The Kier molecular flexibility index (Phi) is 8.31. The molecule has 0 unspecified atom stereocenters. The van der Waals surface area contributed by atoms with Gasteiger partial charge in [-0.3, -0.25) is 4.98 Å². The highest BCUT2D eigenvalue weighted by molar-refractivity contribution is 7.79. The fourth-order valence-electron chi connectivity index (χ4n) is 4.83. The number of aromatic nitrogens is 1. The predicted octanol–water partition coefficient (Wildman–Crippen LogP) is 8.18. The van der Waals surface area contributed by atoms with Gasteiger partial charge in [0.25, 0.3) is 0 Å². The number of nitrogens with zero attached hydrogens (tertiary/aromatic N) is 2. The van der Waals surface area contributed by atoms with Crippen molar-refractivity contribution in [3.8, 4) is 17.0 Å². The topological polar surface area (TPSA) is 37.4 Å². The maximum atomic E-state index is 13.2. The van der Waals surface area contributed by atoms with Gasteiger partial charge in [0.1, 0.15) is 0 Å². The standard InChI is InChI=1S/C31H30F3N3OS/c32-31(33,34)25-8-4-6-22(17-25)16-23-12-13-35-29(19-23)28-20-27(37-14-2-1-3-15-37)10-11-30(28)38-36-26-9-5-7-24(18-26)21-39/h4-13,17-20,36,39H,1-3,14-16,21H2. The van der Waals surface area contributed by atoms with Crippen molar-refractivity contribution in [3.05, 3.63) is 107 Å². The van der Waals surface area contributed by atoms with Crippen LogP contribution in [0, 0.1) is 0 Å². The lowest BCUT2D eigenvalue weighted by atomic mass is 10.0. The largest absolute Gasteiger partial charge is 0.416 e. The molecule has 0 aliphatic carbocycles. The Bertz CT molecular complexity index is 1420. The maximum absolute atomic E-state index is 13.2. The third-order valence-corrected chi connectivity index (χ3v) is 7.20. The summed E-state index contributed by atoms with van der Waals surface area (Å²) in [5, 5.41) is 0. The third-order valence-electron chi connectivity index (χ3n) is 6.84. The molecule has 4 aromatic rings. The quantitative estimate of drug-likeness (QED) is 0.172. The van der Waals surface area contributed by atoms with Gasteiger partial charge in [-0.2, -0.15) is 25.8 Å². The van der Waals surface area contributed by atoms with E-state index >= 15 is 0 Å². The monoisotopic (exact) mass is 549 g/mol. The van der Waals surface area contributed by atoms with Gasteiger partial charge in [0.05, 0.1) is 16.9 Å². The average molecular weight is 550 g/mol. The first kappa shape index (κ1) is 26.9. The summed E-state index contributed by atoms with van der Waals surface area (Å²) >= 11 is 4.35. The summed E-state index contributed by atoms with van der Waals surface area (Å²) in [7, 11) is 0. The van der Waals surface area contributed by atoms with Crippen molar-refractivity contribution in [2.45, 2.75) is 37.6 Å². The molecule has 0 amide bonds. The lowest BCUT2D eigenvalue weighted by Gasteiger charge is -2.29. The van der Waals surface area contributed by atoms with Gasteiger partial charge in [-0.15, -0.1) is 0 Å². The van der Waals surface area contributed by atoms with E-state index in [4.69, 9.17) is 4.84 Å². The normalized spacial score (nSPS) is 13.8. The number of hydrogen-bond acceptors (Lipinski definition) is 5. The smallest absolute Gasteiger partial charge is 0.381 e. The zero-order valence-corrected chi connectivity index (χ0v) is 22.3. The molecule has 3 aromatic carbocycles. The van der Waals surface area contributed by atoms with E-state index in [-0.39, 0.29) is 0 Å². The van der Waals surface area contributed by atoms with E-state index in [2.05, 4.69) is 40.1 Å². The molecule has 1 N–H and O–H groups in total. The lowest BCUT2D eigenvalue weighted by Crippen LogP contribution is -2.29. The van der Waals surface area contributed by atoms with Crippen molar-refractivity contribution >= 4 is 24.0 Å². The summed E-state index contributed by atoms with van der Waals surface area (Å²) in [6.07, 6.45) is 1.22. The van der Waals surface area contributed by atoms with Crippen molar-refractivity contribution in [2.75, 3.05) is 23.5 Å². The minimum Gasteiger partial charge on any atom is -0.381 e. The second kappa shape index (κ2) is 12.0. The molecule has 1 saturated heterocycles. The number of hydrogen-bond donors (Lipinski definition) is 2. The molecule has 0 spiro atoms. The van der Waals surface area contributed by atoms with Crippen molar-refractivity contribution < 1.29 is 18.0 Å². The molecule has 0 atom stereocenters. The van der Waals surface area contributed by atoms with Crippen LogP contribution in [0.4, 0.5) is 24.5 Å². The molecule has 1 aromatic heterocycles.